The van der Waals surface area contributed by atoms with E-state index in [4.69, 9.17) is 25.8 Å². The number of methoxy groups -OCH3 is 1. The number of likely N-dealkylation sites (tertiary alicyclic amines) is 1. The molecule has 3 aromatic rings. The number of nitrogens with zero attached hydrogens (tertiary/aromatic N) is 4. The van der Waals surface area contributed by atoms with Gasteiger partial charge in [-0.15, -0.1) is 17.9 Å². The van der Waals surface area contributed by atoms with Crippen LogP contribution in [0, 0.1) is 0 Å². The Morgan fingerprint density at radius 3 is 2.56 bits per heavy atom. The first-order chi connectivity index (χ1) is 21.1. The molecule has 0 spiro atoms. The summed E-state index contributed by atoms with van der Waals surface area (Å²) in [6.07, 6.45) is -1.47. The zero-order chi connectivity index (χ0) is 33.1. The van der Waals surface area contributed by atoms with E-state index in [9.17, 15) is 22.8 Å². The first-order valence-corrected chi connectivity index (χ1v) is 15.6. The van der Waals surface area contributed by atoms with E-state index in [1.807, 2.05) is 6.08 Å². The van der Waals surface area contributed by atoms with Crippen LogP contribution in [0.25, 0.3) is 21.6 Å². The number of alkyl halides is 3. The molecule has 1 saturated heterocycles. The average molecular weight is 669 g/mol. The Balaban J connectivity index is 1.69. The van der Waals surface area contributed by atoms with E-state index >= 15 is 0 Å². The number of fused-ring (bicyclic) bond motifs is 1. The molecular formula is C31H36ClF3N4O5S. The number of thiazole rings is 1. The summed E-state index contributed by atoms with van der Waals surface area (Å²) in [6.45, 7) is 9.48. The standard InChI is InChI=1S/C31H36ClF3N4O5S/c1-7-8-9-10-13-38(5)28(40)21-14-18(16-39(21)29(41)44-30(2,3)4)43-23-15-20(27-37-24(17-45-27)31(33,34)35)36-26-19(23)11-12-22(42-6)25(26)32/h7,11-12,15,17-18,21H,1,8-10,13-14,16H2,2-6H3/t18-,21?/m0/s1. The van der Waals surface area contributed by atoms with Crippen LogP contribution >= 0.6 is 22.9 Å². The maximum atomic E-state index is 13.6. The molecule has 3 heterocycles. The van der Waals surface area contributed by atoms with Crippen molar-refractivity contribution in [3.05, 3.63) is 47.0 Å². The van der Waals surface area contributed by atoms with Gasteiger partial charge in [0, 0.05) is 36.8 Å². The minimum Gasteiger partial charge on any atom is -0.495 e. The van der Waals surface area contributed by atoms with Crippen molar-refractivity contribution in [1.82, 2.24) is 19.8 Å². The van der Waals surface area contributed by atoms with Gasteiger partial charge in [-0.2, -0.15) is 13.2 Å². The number of allylic oxidation sites excluding steroid dienone is 1. The number of pyridine rings is 1. The molecule has 45 heavy (non-hydrogen) atoms. The van der Waals surface area contributed by atoms with Gasteiger partial charge < -0.3 is 19.1 Å². The van der Waals surface area contributed by atoms with Crippen molar-refractivity contribution in [2.75, 3.05) is 27.2 Å². The fourth-order valence-electron chi connectivity index (χ4n) is 4.92. The number of hydrogen-bond acceptors (Lipinski definition) is 8. The Morgan fingerprint density at radius 2 is 1.93 bits per heavy atom. The monoisotopic (exact) mass is 668 g/mol. The summed E-state index contributed by atoms with van der Waals surface area (Å²) in [4.78, 5) is 38.1. The lowest BCUT2D eigenvalue weighted by Gasteiger charge is -2.30. The van der Waals surface area contributed by atoms with Crippen LogP contribution < -0.4 is 9.47 Å². The molecular weight excluding hydrogens is 633 g/mol. The summed E-state index contributed by atoms with van der Waals surface area (Å²) < 4.78 is 57.4. The third-order valence-corrected chi connectivity index (χ3v) is 8.31. The quantitative estimate of drug-likeness (QED) is 0.162. The molecule has 0 aliphatic carbocycles. The van der Waals surface area contributed by atoms with Crippen LogP contribution in [-0.2, 0) is 15.7 Å². The van der Waals surface area contributed by atoms with Gasteiger partial charge in [0.2, 0.25) is 5.91 Å². The van der Waals surface area contributed by atoms with Gasteiger partial charge in [0.1, 0.15) is 45.0 Å². The second-order valence-electron chi connectivity index (χ2n) is 11.7. The van der Waals surface area contributed by atoms with Crippen molar-refractivity contribution >= 4 is 45.8 Å². The maximum Gasteiger partial charge on any atom is 0.434 e. The lowest BCUT2D eigenvalue weighted by atomic mass is 10.1. The van der Waals surface area contributed by atoms with Crippen molar-refractivity contribution in [3.63, 3.8) is 0 Å². The Morgan fingerprint density at radius 1 is 1.20 bits per heavy atom. The first-order valence-electron chi connectivity index (χ1n) is 14.4. The molecule has 1 aliphatic rings. The summed E-state index contributed by atoms with van der Waals surface area (Å²) in [6, 6.07) is 3.94. The Kier molecular flexibility index (Phi) is 10.5. The maximum absolute atomic E-state index is 13.6. The van der Waals surface area contributed by atoms with Gasteiger partial charge in [0.05, 0.1) is 19.2 Å². The van der Waals surface area contributed by atoms with Crippen LogP contribution in [-0.4, -0.2) is 76.8 Å². The van der Waals surface area contributed by atoms with Crippen LogP contribution in [0.5, 0.6) is 11.5 Å². The molecule has 4 rings (SSSR count). The predicted octanol–water partition coefficient (Wildman–Crippen LogP) is 7.61. The van der Waals surface area contributed by atoms with Crippen LogP contribution in [0.3, 0.4) is 0 Å². The number of carbonyl (C=O) groups excluding carboxylic acids is 2. The van der Waals surface area contributed by atoms with Crippen molar-refractivity contribution in [3.8, 4) is 22.2 Å². The van der Waals surface area contributed by atoms with Crippen LogP contribution in [0.2, 0.25) is 5.02 Å². The number of ether oxygens (including phenoxy) is 3. The van der Waals surface area contributed by atoms with Gasteiger partial charge in [-0.05, 0) is 52.2 Å². The number of aromatic nitrogens is 2. The van der Waals surface area contributed by atoms with Crippen molar-refractivity contribution in [2.24, 2.45) is 0 Å². The normalized spacial score (nSPS) is 17.0. The molecule has 2 aromatic heterocycles. The number of likely N-dealkylation sites (N-methyl/N-ethyl adjacent to an activating group) is 1. The highest BCUT2D eigenvalue weighted by Gasteiger charge is 2.44. The van der Waals surface area contributed by atoms with Gasteiger partial charge in [0.25, 0.3) is 0 Å². The second-order valence-corrected chi connectivity index (χ2v) is 12.9. The number of unbranched alkanes of at least 4 members (excludes halogenated alkanes) is 2. The molecule has 14 heteroatoms. The fourth-order valence-corrected chi connectivity index (χ4v) is 5.99. The summed E-state index contributed by atoms with van der Waals surface area (Å²) in [5.41, 5.74) is -1.49. The molecule has 1 fully saturated rings. The highest BCUT2D eigenvalue weighted by molar-refractivity contribution is 7.13. The summed E-state index contributed by atoms with van der Waals surface area (Å²) in [7, 11) is 3.13. The topological polar surface area (TPSA) is 94.1 Å². The van der Waals surface area contributed by atoms with Gasteiger partial charge >= 0.3 is 12.3 Å². The SMILES string of the molecule is C=CCCCCN(C)C(=O)C1C[C@H](Oc2cc(-c3nc(C(F)(F)F)cs3)nc3c(Cl)c(OC)ccc23)CN1C(=O)OC(C)(C)C. The lowest BCUT2D eigenvalue weighted by Crippen LogP contribution is -2.48. The molecule has 0 bridgehead atoms. The third-order valence-electron chi connectivity index (χ3n) is 7.08. The van der Waals surface area contributed by atoms with Crippen molar-refractivity contribution in [1.29, 1.82) is 0 Å². The minimum absolute atomic E-state index is 0.0147. The lowest BCUT2D eigenvalue weighted by molar-refractivity contribution is -0.140. The van der Waals surface area contributed by atoms with E-state index < -0.39 is 35.7 Å². The molecule has 2 atom stereocenters. The van der Waals surface area contributed by atoms with Gasteiger partial charge in [-0.25, -0.2) is 14.8 Å². The average Bonchev–Trinajstić information content (AvgIpc) is 3.63. The van der Waals surface area contributed by atoms with E-state index in [0.717, 1.165) is 36.0 Å². The summed E-state index contributed by atoms with van der Waals surface area (Å²) in [5.74, 6) is 0.318. The highest BCUT2D eigenvalue weighted by atomic mass is 35.5. The second kappa shape index (κ2) is 13.8. The summed E-state index contributed by atoms with van der Waals surface area (Å²) >= 11 is 7.37. The zero-order valence-corrected chi connectivity index (χ0v) is 27.3. The van der Waals surface area contributed by atoms with Crippen LogP contribution in [0.4, 0.5) is 18.0 Å². The molecule has 1 unspecified atom stereocenters. The minimum atomic E-state index is -4.62. The number of rotatable bonds is 10. The number of hydrogen-bond donors (Lipinski definition) is 0. The number of halogens is 4. The van der Waals surface area contributed by atoms with Crippen molar-refractivity contribution < 1.29 is 37.0 Å². The van der Waals surface area contributed by atoms with E-state index in [-0.39, 0.29) is 45.9 Å². The van der Waals surface area contributed by atoms with Gasteiger partial charge in [-0.1, -0.05) is 17.7 Å². The van der Waals surface area contributed by atoms with Gasteiger partial charge in [-0.3, -0.25) is 9.69 Å². The molecule has 1 aromatic carbocycles. The van der Waals surface area contributed by atoms with E-state index in [2.05, 4.69) is 16.5 Å². The molecule has 0 saturated carbocycles. The Bertz CT molecular complexity index is 1560. The van der Waals surface area contributed by atoms with E-state index in [0.29, 0.717) is 17.7 Å². The zero-order valence-electron chi connectivity index (χ0n) is 25.7. The molecule has 2 amide bonds. The molecule has 0 N–H and O–H groups in total. The van der Waals surface area contributed by atoms with Crippen LogP contribution in [0.15, 0.2) is 36.2 Å². The molecule has 9 nitrogen and oxygen atoms in total. The van der Waals surface area contributed by atoms with Crippen LogP contribution in [0.1, 0.15) is 52.1 Å². The summed E-state index contributed by atoms with van der Waals surface area (Å²) in [5, 5.41) is 1.53. The smallest absolute Gasteiger partial charge is 0.434 e. The molecule has 0 radical (unpaired) electrons. The number of benzene rings is 1. The fraction of sp³-hybridized carbons (Fsp3) is 0.484. The third kappa shape index (κ3) is 8.18. The molecule has 1 aliphatic heterocycles. The predicted molar refractivity (Wildman–Crippen MR) is 167 cm³/mol. The van der Waals surface area contributed by atoms with E-state index in [1.165, 1.54) is 18.1 Å². The first kappa shape index (κ1) is 34.3. The van der Waals surface area contributed by atoms with E-state index in [1.54, 1.807) is 44.9 Å². The Hall–Kier alpha value is -3.58. The molecule has 244 valence electrons. The Labute approximate surface area is 268 Å². The van der Waals surface area contributed by atoms with Gasteiger partial charge in [0.15, 0.2) is 5.69 Å². The number of carbonyl (C=O) groups is 2. The number of amides is 2. The van der Waals surface area contributed by atoms with Crippen molar-refractivity contribution in [2.45, 2.75) is 70.4 Å². The largest absolute Gasteiger partial charge is 0.495 e. The highest BCUT2D eigenvalue weighted by Crippen LogP contribution is 2.41.